The molecule has 1 saturated heterocycles. The fourth-order valence-electron chi connectivity index (χ4n) is 2.30. The Bertz CT molecular complexity index is 309. The van der Waals surface area contributed by atoms with E-state index in [0.717, 1.165) is 30.5 Å². The fourth-order valence-corrected chi connectivity index (χ4v) is 2.60. The highest BCUT2D eigenvalue weighted by atomic mass is 35.5. The molecule has 0 atom stereocenters. The Morgan fingerprint density at radius 2 is 2.07 bits per heavy atom. The van der Waals surface area contributed by atoms with Gasteiger partial charge in [-0.1, -0.05) is 23.7 Å². The molecule has 1 aliphatic rings. The standard InChI is InChI=1S/C13H18ClN/c1-10-3-2-4-13(14)12(10)9-11-5-7-15-8-6-11/h2-4,11,15H,5-9H2,1H3. The molecule has 0 spiro atoms. The second kappa shape index (κ2) is 5.00. The summed E-state index contributed by atoms with van der Waals surface area (Å²) >= 11 is 6.23. The van der Waals surface area contributed by atoms with Gasteiger partial charge in [0, 0.05) is 5.02 Å². The Kier molecular flexibility index (Phi) is 3.66. The number of rotatable bonds is 2. The van der Waals surface area contributed by atoms with Crippen molar-refractivity contribution >= 4 is 11.6 Å². The summed E-state index contributed by atoms with van der Waals surface area (Å²) in [6.45, 7) is 4.48. The van der Waals surface area contributed by atoms with Crippen molar-refractivity contribution in [1.29, 1.82) is 0 Å². The summed E-state index contributed by atoms with van der Waals surface area (Å²) in [6, 6.07) is 6.19. The van der Waals surface area contributed by atoms with E-state index in [1.807, 2.05) is 12.1 Å². The Balaban J connectivity index is 2.09. The van der Waals surface area contributed by atoms with Crippen LogP contribution >= 0.6 is 11.6 Å². The third kappa shape index (κ3) is 2.73. The number of benzene rings is 1. The molecule has 15 heavy (non-hydrogen) atoms. The van der Waals surface area contributed by atoms with Crippen molar-refractivity contribution in [2.75, 3.05) is 13.1 Å². The largest absolute Gasteiger partial charge is 0.317 e. The van der Waals surface area contributed by atoms with Gasteiger partial charge in [0.1, 0.15) is 0 Å². The highest BCUT2D eigenvalue weighted by Gasteiger charge is 2.15. The van der Waals surface area contributed by atoms with E-state index in [4.69, 9.17) is 11.6 Å². The minimum absolute atomic E-state index is 0.810. The Labute approximate surface area is 96.8 Å². The van der Waals surface area contributed by atoms with Crippen LogP contribution in [-0.4, -0.2) is 13.1 Å². The molecule has 0 saturated carbocycles. The molecule has 1 aromatic rings. The zero-order valence-corrected chi connectivity index (χ0v) is 9.98. The van der Waals surface area contributed by atoms with Crippen molar-refractivity contribution in [3.63, 3.8) is 0 Å². The molecule has 0 amide bonds. The summed E-state index contributed by atoms with van der Waals surface area (Å²) in [5.74, 6) is 0.810. The average molecular weight is 224 g/mol. The van der Waals surface area contributed by atoms with Crippen LogP contribution in [0.15, 0.2) is 18.2 Å². The van der Waals surface area contributed by atoms with Gasteiger partial charge >= 0.3 is 0 Å². The highest BCUT2D eigenvalue weighted by Crippen LogP contribution is 2.25. The molecule has 1 heterocycles. The molecule has 0 aromatic heterocycles. The first-order chi connectivity index (χ1) is 7.27. The predicted molar refractivity (Wildman–Crippen MR) is 65.5 cm³/mol. The van der Waals surface area contributed by atoms with Gasteiger partial charge in [-0.3, -0.25) is 0 Å². The first-order valence-electron chi connectivity index (χ1n) is 5.72. The Morgan fingerprint density at radius 1 is 1.33 bits per heavy atom. The number of piperidine rings is 1. The van der Waals surface area contributed by atoms with E-state index < -0.39 is 0 Å². The minimum atomic E-state index is 0.810. The SMILES string of the molecule is Cc1cccc(Cl)c1CC1CCNCC1. The molecule has 1 fully saturated rings. The Morgan fingerprint density at radius 3 is 2.73 bits per heavy atom. The molecule has 1 aromatic carbocycles. The van der Waals surface area contributed by atoms with Gasteiger partial charge in [0.2, 0.25) is 0 Å². The van der Waals surface area contributed by atoms with Crippen LogP contribution in [0.25, 0.3) is 0 Å². The van der Waals surface area contributed by atoms with Gasteiger partial charge < -0.3 is 5.32 Å². The van der Waals surface area contributed by atoms with Crippen molar-refractivity contribution in [3.05, 3.63) is 34.3 Å². The van der Waals surface area contributed by atoms with Crippen LogP contribution in [0, 0.1) is 12.8 Å². The first-order valence-corrected chi connectivity index (χ1v) is 6.10. The Hall–Kier alpha value is -0.530. The van der Waals surface area contributed by atoms with Crippen LogP contribution in [0.3, 0.4) is 0 Å². The number of hydrogen-bond donors (Lipinski definition) is 1. The molecule has 0 bridgehead atoms. The molecule has 0 radical (unpaired) electrons. The van der Waals surface area contributed by atoms with Crippen molar-refractivity contribution in [2.45, 2.75) is 26.2 Å². The van der Waals surface area contributed by atoms with Crippen molar-refractivity contribution in [3.8, 4) is 0 Å². The molecule has 2 heteroatoms. The van der Waals surface area contributed by atoms with Crippen LogP contribution in [0.4, 0.5) is 0 Å². The van der Waals surface area contributed by atoms with E-state index in [2.05, 4.69) is 18.3 Å². The first kappa shape index (κ1) is 11.0. The number of hydrogen-bond acceptors (Lipinski definition) is 1. The maximum Gasteiger partial charge on any atom is 0.0440 e. The van der Waals surface area contributed by atoms with Gasteiger partial charge in [0.15, 0.2) is 0 Å². The van der Waals surface area contributed by atoms with Gasteiger partial charge in [-0.2, -0.15) is 0 Å². The number of nitrogens with one attached hydrogen (secondary N) is 1. The lowest BCUT2D eigenvalue weighted by atomic mass is 9.89. The highest BCUT2D eigenvalue weighted by molar-refractivity contribution is 6.31. The van der Waals surface area contributed by atoms with Crippen LogP contribution < -0.4 is 5.32 Å². The zero-order chi connectivity index (χ0) is 10.7. The lowest BCUT2D eigenvalue weighted by Gasteiger charge is -2.23. The summed E-state index contributed by atoms with van der Waals surface area (Å²) in [5.41, 5.74) is 2.69. The minimum Gasteiger partial charge on any atom is -0.317 e. The van der Waals surface area contributed by atoms with E-state index in [1.165, 1.54) is 24.0 Å². The van der Waals surface area contributed by atoms with Crippen molar-refractivity contribution in [2.24, 2.45) is 5.92 Å². The molecular formula is C13H18ClN. The van der Waals surface area contributed by atoms with Gasteiger partial charge in [-0.25, -0.2) is 0 Å². The predicted octanol–water partition coefficient (Wildman–Crippen LogP) is 3.19. The van der Waals surface area contributed by atoms with E-state index >= 15 is 0 Å². The van der Waals surface area contributed by atoms with Gasteiger partial charge in [0.25, 0.3) is 0 Å². The third-order valence-corrected chi connectivity index (χ3v) is 3.66. The smallest absolute Gasteiger partial charge is 0.0440 e. The quantitative estimate of drug-likeness (QED) is 0.812. The molecule has 82 valence electrons. The monoisotopic (exact) mass is 223 g/mol. The summed E-state index contributed by atoms with van der Waals surface area (Å²) in [5, 5.41) is 4.34. The number of aryl methyl sites for hydroxylation is 1. The summed E-state index contributed by atoms with van der Waals surface area (Å²) in [7, 11) is 0. The van der Waals surface area contributed by atoms with Crippen LogP contribution in [0.2, 0.25) is 5.02 Å². The van der Waals surface area contributed by atoms with Gasteiger partial charge in [-0.15, -0.1) is 0 Å². The van der Waals surface area contributed by atoms with Gasteiger partial charge in [0.05, 0.1) is 0 Å². The fraction of sp³-hybridized carbons (Fsp3) is 0.538. The second-order valence-corrected chi connectivity index (χ2v) is 4.84. The normalized spacial score (nSPS) is 18.0. The van der Waals surface area contributed by atoms with Crippen LogP contribution in [0.5, 0.6) is 0 Å². The van der Waals surface area contributed by atoms with Crippen molar-refractivity contribution in [1.82, 2.24) is 5.32 Å². The molecule has 1 N–H and O–H groups in total. The molecular weight excluding hydrogens is 206 g/mol. The second-order valence-electron chi connectivity index (χ2n) is 4.43. The van der Waals surface area contributed by atoms with E-state index in [0.29, 0.717) is 0 Å². The molecule has 1 nitrogen and oxygen atoms in total. The van der Waals surface area contributed by atoms with Crippen LogP contribution in [0.1, 0.15) is 24.0 Å². The summed E-state index contributed by atoms with van der Waals surface area (Å²) in [4.78, 5) is 0. The van der Waals surface area contributed by atoms with Crippen molar-refractivity contribution < 1.29 is 0 Å². The van der Waals surface area contributed by atoms with E-state index in [9.17, 15) is 0 Å². The number of halogens is 1. The summed E-state index contributed by atoms with van der Waals surface area (Å²) < 4.78 is 0. The zero-order valence-electron chi connectivity index (χ0n) is 9.22. The van der Waals surface area contributed by atoms with Gasteiger partial charge in [-0.05, 0) is 62.4 Å². The lowest BCUT2D eigenvalue weighted by Crippen LogP contribution is -2.28. The maximum absolute atomic E-state index is 6.23. The van der Waals surface area contributed by atoms with E-state index in [-0.39, 0.29) is 0 Å². The maximum atomic E-state index is 6.23. The molecule has 0 unspecified atom stereocenters. The summed E-state index contributed by atoms with van der Waals surface area (Å²) in [6.07, 6.45) is 3.71. The molecule has 0 aliphatic carbocycles. The third-order valence-electron chi connectivity index (χ3n) is 3.30. The topological polar surface area (TPSA) is 12.0 Å². The molecule has 1 aliphatic heterocycles. The molecule has 2 rings (SSSR count). The van der Waals surface area contributed by atoms with Crippen LogP contribution in [-0.2, 0) is 6.42 Å². The average Bonchev–Trinajstić information content (AvgIpc) is 2.25. The van der Waals surface area contributed by atoms with E-state index in [1.54, 1.807) is 0 Å². The lowest BCUT2D eigenvalue weighted by molar-refractivity contribution is 0.372.